The predicted octanol–water partition coefficient (Wildman–Crippen LogP) is 4.70. The highest BCUT2D eigenvalue weighted by molar-refractivity contribution is 7.17. The second-order valence-electron chi connectivity index (χ2n) is 8.70. The standard InChI is InChI=1S/C25H31N5OS/c1-4-5-13-27-24(31)25(2,3)22-15-30-14-20(28-19(10-8-12-26)23(30)29-22)18-16-32-21-11-7-6-9-17(18)21/h6-7,9,11,14-16H,4-5,8,10,12-13,26H2,1-3H3,(H,27,31). The largest absolute Gasteiger partial charge is 0.355 e. The third-order valence-electron chi connectivity index (χ3n) is 5.91. The third-order valence-corrected chi connectivity index (χ3v) is 6.87. The second kappa shape index (κ2) is 9.38. The lowest BCUT2D eigenvalue weighted by Crippen LogP contribution is -2.40. The summed E-state index contributed by atoms with van der Waals surface area (Å²) in [6, 6.07) is 8.38. The van der Waals surface area contributed by atoms with Crippen LogP contribution in [0.3, 0.4) is 0 Å². The monoisotopic (exact) mass is 449 g/mol. The zero-order valence-electron chi connectivity index (χ0n) is 19.0. The maximum absolute atomic E-state index is 12.9. The molecular formula is C25H31N5OS. The highest BCUT2D eigenvalue weighted by Gasteiger charge is 2.32. The van der Waals surface area contributed by atoms with Gasteiger partial charge >= 0.3 is 0 Å². The molecule has 3 N–H and O–H groups in total. The number of benzene rings is 1. The first kappa shape index (κ1) is 22.4. The number of aryl methyl sites for hydroxylation is 1. The van der Waals surface area contributed by atoms with Gasteiger partial charge in [-0.1, -0.05) is 31.5 Å². The number of nitrogens with zero attached hydrogens (tertiary/aromatic N) is 3. The summed E-state index contributed by atoms with van der Waals surface area (Å²) >= 11 is 1.72. The average Bonchev–Trinajstić information content (AvgIpc) is 3.42. The number of carbonyl (C=O) groups excluding carboxylic acids is 1. The lowest BCUT2D eigenvalue weighted by atomic mass is 9.88. The molecule has 1 amide bonds. The Morgan fingerprint density at radius 1 is 1.19 bits per heavy atom. The number of rotatable bonds is 9. The highest BCUT2D eigenvalue weighted by atomic mass is 32.1. The topological polar surface area (TPSA) is 85.3 Å². The summed E-state index contributed by atoms with van der Waals surface area (Å²) < 4.78 is 3.26. The molecule has 0 bridgehead atoms. The fourth-order valence-electron chi connectivity index (χ4n) is 3.82. The number of fused-ring (bicyclic) bond motifs is 2. The van der Waals surface area contributed by atoms with Crippen molar-refractivity contribution in [1.82, 2.24) is 19.7 Å². The Morgan fingerprint density at radius 3 is 2.78 bits per heavy atom. The molecule has 32 heavy (non-hydrogen) atoms. The van der Waals surface area contributed by atoms with E-state index in [4.69, 9.17) is 15.7 Å². The molecule has 3 aromatic heterocycles. The van der Waals surface area contributed by atoms with Crippen LogP contribution in [0.4, 0.5) is 0 Å². The van der Waals surface area contributed by atoms with E-state index in [9.17, 15) is 4.79 Å². The van der Waals surface area contributed by atoms with Gasteiger partial charge in [-0.25, -0.2) is 9.97 Å². The number of unbranched alkanes of at least 4 members (excludes halogenated alkanes) is 1. The smallest absolute Gasteiger partial charge is 0.231 e. The fourth-order valence-corrected chi connectivity index (χ4v) is 4.78. The number of nitrogens with two attached hydrogens (primary N) is 1. The molecule has 4 rings (SSSR count). The number of carbonyl (C=O) groups is 1. The van der Waals surface area contributed by atoms with Crippen LogP contribution in [-0.4, -0.2) is 33.4 Å². The van der Waals surface area contributed by atoms with E-state index in [1.807, 2.05) is 30.6 Å². The Kier molecular flexibility index (Phi) is 6.58. The minimum absolute atomic E-state index is 0.00474. The number of hydrogen-bond donors (Lipinski definition) is 2. The second-order valence-corrected chi connectivity index (χ2v) is 9.61. The molecule has 0 aliphatic rings. The molecule has 0 spiro atoms. The number of nitrogens with one attached hydrogen (secondary N) is 1. The van der Waals surface area contributed by atoms with Crippen molar-refractivity contribution in [1.29, 1.82) is 0 Å². The third kappa shape index (κ3) is 4.27. The van der Waals surface area contributed by atoms with Crippen molar-refractivity contribution >= 4 is 33.0 Å². The lowest BCUT2D eigenvalue weighted by molar-refractivity contribution is -0.125. The first-order valence-corrected chi connectivity index (χ1v) is 12.2. The van der Waals surface area contributed by atoms with E-state index in [0.29, 0.717) is 13.1 Å². The molecule has 6 nitrogen and oxygen atoms in total. The molecule has 0 saturated carbocycles. The van der Waals surface area contributed by atoms with Gasteiger partial charge in [-0.15, -0.1) is 11.3 Å². The van der Waals surface area contributed by atoms with E-state index in [1.54, 1.807) is 11.3 Å². The summed E-state index contributed by atoms with van der Waals surface area (Å²) in [6.07, 6.45) is 7.59. The van der Waals surface area contributed by atoms with Gasteiger partial charge in [0, 0.05) is 40.0 Å². The quantitative estimate of drug-likeness (QED) is 0.363. The molecule has 168 valence electrons. The summed E-state index contributed by atoms with van der Waals surface area (Å²) in [5, 5.41) is 6.41. The van der Waals surface area contributed by atoms with Crippen LogP contribution in [0.5, 0.6) is 0 Å². The number of imidazole rings is 1. The van der Waals surface area contributed by atoms with Gasteiger partial charge in [-0.05, 0) is 45.7 Å². The van der Waals surface area contributed by atoms with Crippen LogP contribution in [0, 0.1) is 0 Å². The first-order chi connectivity index (χ1) is 15.5. The van der Waals surface area contributed by atoms with Crippen molar-refractivity contribution in [2.45, 2.75) is 51.9 Å². The molecule has 0 atom stereocenters. The van der Waals surface area contributed by atoms with Crippen LogP contribution < -0.4 is 11.1 Å². The van der Waals surface area contributed by atoms with Crippen LogP contribution >= 0.6 is 11.3 Å². The summed E-state index contributed by atoms with van der Waals surface area (Å²) in [5.41, 5.74) is 9.55. The molecule has 0 aliphatic heterocycles. The minimum atomic E-state index is -0.736. The number of thiophene rings is 1. The Hall–Kier alpha value is -2.77. The molecule has 7 heteroatoms. The van der Waals surface area contributed by atoms with Crippen molar-refractivity contribution in [3.63, 3.8) is 0 Å². The summed E-state index contributed by atoms with van der Waals surface area (Å²) in [7, 11) is 0. The van der Waals surface area contributed by atoms with E-state index in [2.05, 4.69) is 41.9 Å². The van der Waals surface area contributed by atoms with Gasteiger partial charge in [-0.2, -0.15) is 0 Å². The molecule has 1 aromatic carbocycles. The number of aromatic nitrogens is 3. The van der Waals surface area contributed by atoms with Gasteiger partial charge in [0.2, 0.25) is 5.91 Å². The molecule has 0 saturated heterocycles. The van der Waals surface area contributed by atoms with Crippen molar-refractivity contribution in [2.75, 3.05) is 13.1 Å². The van der Waals surface area contributed by atoms with Gasteiger partial charge in [-0.3, -0.25) is 4.79 Å². The van der Waals surface area contributed by atoms with E-state index >= 15 is 0 Å². The summed E-state index contributed by atoms with van der Waals surface area (Å²) in [5.74, 6) is -0.00474. The fraction of sp³-hybridized carbons (Fsp3) is 0.400. The molecule has 0 aliphatic carbocycles. The van der Waals surface area contributed by atoms with E-state index in [-0.39, 0.29) is 5.91 Å². The number of hydrogen-bond acceptors (Lipinski definition) is 5. The first-order valence-electron chi connectivity index (χ1n) is 11.3. The molecule has 4 aromatic rings. The van der Waals surface area contributed by atoms with E-state index in [1.165, 1.54) is 10.1 Å². The van der Waals surface area contributed by atoms with Gasteiger partial charge in [0.05, 0.1) is 22.5 Å². The molecule has 0 fully saturated rings. The minimum Gasteiger partial charge on any atom is -0.355 e. The van der Waals surface area contributed by atoms with Gasteiger partial charge < -0.3 is 15.5 Å². The van der Waals surface area contributed by atoms with Gasteiger partial charge in [0.1, 0.15) is 0 Å². The maximum atomic E-state index is 12.9. The van der Waals surface area contributed by atoms with Crippen molar-refractivity contribution < 1.29 is 4.79 Å². The van der Waals surface area contributed by atoms with Crippen molar-refractivity contribution in [3.8, 4) is 11.3 Å². The SMILES string of the molecule is CCCCNC(=O)C(C)(C)c1cn2cc(-c3csc4ccccc34)nc(CCCN)c2n1. The zero-order valence-corrected chi connectivity index (χ0v) is 19.8. The molecular weight excluding hydrogens is 418 g/mol. The zero-order chi connectivity index (χ0) is 22.7. The summed E-state index contributed by atoms with van der Waals surface area (Å²) in [6.45, 7) is 7.25. The Balaban J connectivity index is 1.78. The van der Waals surface area contributed by atoms with Crippen LogP contribution in [0.2, 0.25) is 0 Å². The molecule has 0 radical (unpaired) electrons. The number of amides is 1. The van der Waals surface area contributed by atoms with Crippen LogP contribution in [-0.2, 0) is 16.6 Å². The lowest BCUT2D eigenvalue weighted by Gasteiger charge is -2.21. The van der Waals surface area contributed by atoms with Crippen molar-refractivity contribution in [2.24, 2.45) is 5.73 Å². The summed E-state index contributed by atoms with van der Waals surface area (Å²) in [4.78, 5) is 22.8. The molecule has 0 unspecified atom stereocenters. The van der Waals surface area contributed by atoms with Gasteiger partial charge in [0.15, 0.2) is 5.65 Å². The van der Waals surface area contributed by atoms with Crippen LogP contribution in [0.25, 0.3) is 27.0 Å². The van der Waals surface area contributed by atoms with Gasteiger partial charge in [0.25, 0.3) is 0 Å². The van der Waals surface area contributed by atoms with E-state index < -0.39 is 5.41 Å². The highest BCUT2D eigenvalue weighted by Crippen LogP contribution is 2.34. The van der Waals surface area contributed by atoms with Crippen LogP contribution in [0.15, 0.2) is 42.0 Å². The van der Waals surface area contributed by atoms with Crippen LogP contribution in [0.1, 0.15) is 51.4 Å². The Labute approximate surface area is 192 Å². The predicted molar refractivity (Wildman–Crippen MR) is 132 cm³/mol. The van der Waals surface area contributed by atoms with Crippen molar-refractivity contribution in [3.05, 3.63) is 53.4 Å². The van der Waals surface area contributed by atoms with E-state index in [0.717, 1.165) is 54.0 Å². The Bertz CT molecular complexity index is 1240. The average molecular weight is 450 g/mol. The Morgan fingerprint density at radius 2 is 2.00 bits per heavy atom. The maximum Gasteiger partial charge on any atom is 0.231 e. The molecule has 3 heterocycles. The normalized spacial score (nSPS) is 12.0.